The number of benzene rings is 1. The summed E-state index contributed by atoms with van der Waals surface area (Å²) < 4.78 is 5.37. The summed E-state index contributed by atoms with van der Waals surface area (Å²) in [5.74, 6) is 0.875. The molecule has 2 aliphatic rings. The van der Waals surface area contributed by atoms with Crippen LogP contribution in [-0.2, 0) is 4.79 Å². The number of nitrogens with one attached hydrogen (secondary N) is 1. The van der Waals surface area contributed by atoms with E-state index in [0.717, 1.165) is 30.2 Å². The van der Waals surface area contributed by atoms with Crippen LogP contribution in [0.15, 0.2) is 18.2 Å². The third-order valence-electron chi connectivity index (χ3n) is 3.70. The normalized spacial score (nSPS) is 22.6. The molecule has 1 atom stereocenters. The zero-order valence-electron chi connectivity index (χ0n) is 10.6. The van der Waals surface area contributed by atoms with Gasteiger partial charge in [0.1, 0.15) is 17.5 Å². The summed E-state index contributed by atoms with van der Waals surface area (Å²) >= 11 is 0. The maximum Gasteiger partial charge on any atom is 0.250 e. The Morgan fingerprint density at radius 3 is 3.06 bits per heavy atom. The molecule has 5 heteroatoms. The molecule has 5 nitrogen and oxygen atoms in total. The lowest BCUT2D eigenvalue weighted by Gasteiger charge is -2.44. The molecule has 0 aromatic heterocycles. The fraction of sp³-hybridized carbons (Fsp3) is 0.462. The minimum absolute atomic E-state index is 0.0941. The summed E-state index contributed by atoms with van der Waals surface area (Å²) in [6, 6.07) is 5.83. The van der Waals surface area contributed by atoms with Gasteiger partial charge in [0.25, 0.3) is 5.91 Å². The Morgan fingerprint density at radius 2 is 2.28 bits per heavy atom. The molecule has 0 aliphatic carbocycles. The molecule has 18 heavy (non-hydrogen) atoms. The maximum absolute atomic E-state index is 12.4. The lowest BCUT2D eigenvalue weighted by Crippen LogP contribution is -2.61. The van der Waals surface area contributed by atoms with Crippen LogP contribution in [0.1, 0.15) is 0 Å². The average Bonchev–Trinajstić information content (AvgIpc) is 2.44. The van der Waals surface area contributed by atoms with Gasteiger partial charge >= 0.3 is 0 Å². The Hall–Kier alpha value is -1.75. The van der Waals surface area contributed by atoms with Crippen LogP contribution in [0.4, 0.5) is 11.4 Å². The third kappa shape index (κ3) is 1.47. The maximum atomic E-state index is 12.4. The van der Waals surface area contributed by atoms with Gasteiger partial charge in [-0.25, -0.2) is 0 Å². The predicted octanol–water partition coefficient (Wildman–Crippen LogP) is 0.450. The number of ether oxygens (including phenoxy) is 1. The lowest BCUT2D eigenvalue weighted by atomic mass is 10.0. The minimum atomic E-state index is -0.0941. The number of carbonyl (C=O) groups excluding carboxylic acids is 1. The first-order valence-electron chi connectivity index (χ1n) is 6.16. The van der Waals surface area contributed by atoms with Gasteiger partial charge in [0.2, 0.25) is 0 Å². The summed E-state index contributed by atoms with van der Waals surface area (Å²) in [6.45, 7) is 2.47. The van der Waals surface area contributed by atoms with Crippen molar-refractivity contribution in [3.8, 4) is 5.75 Å². The molecule has 1 amide bonds. The van der Waals surface area contributed by atoms with Gasteiger partial charge in [-0.1, -0.05) is 6.07 Å². The van der Waals surface area contributed by atoms with Gasteiger partial charge in [0.05, 0.1) is 12.8 Å². The van der Waals surface area contributed by atoms with Crippen molar-refractivity contribution in [1.82, 2.24) is 5.32 Å². The first kappa shape index (κ1) is 11.3. The molecule has 2 heterocycles. The molecule has 3 rings (SSSR count). The number of likely N-dealkylation sites (N-methyl/N-ethyl adjacent to an activating group) is 1. The Kier molecular flexibility index (Phi) is 2.63. The predicted molar refractivity (Wildman–Crippen MR) is 70.4 cm³/mol. The average molecular weight is 247 g/mol. The molecule has 1 fully saturated rings. The van der Waals surface area contributed by atoms with Crippen molar-refractivity contribution < 1.29 is 9.53 Å². The molecule has 2 aliphatic heterocycles. The van der Waals surface area contributed by atoms with Crippen LogP contribution < -0.4 is 19.9 Å². The van der Waals surface area contributed by atoms with Crippen molar-refractivity contribution in [1.29, 1.82) is 0 Å². The molecule has 0 spiro atoms. The van der Waals surface area contributed by atoms with E-state index in [1.54, 1.807) is 12.0 Å². The van der Waals surface area contributed by atoms with Gasteiger partial charge in [-0.2, -0.15) is 0 Å². The molecular formula is C13H17N3O2. The first-order chi connectivity index (χ1) is 8.74. The van der Waals surface area contributed by atoms with Crippen LogP contribution in [0, 0.1) is 0 Å². The molecule has 1 unspecified atom stereocenters. The summed E-state index contributed by atoms with van der Waals surface area (Å²) in [5, 5.41) is 3.27. The Labute approximate surface area is 106 Å². The van der Waals surface area contributed by atoms with Crippen molar-refractivity contribution in [2.75, 3.05) is 43.6 Å². The van der Waals surface area contributed by atoms with Crippen molar-refractivity contribution in [2.24, 2.45) is 0 Å². The number of hydrogen-bond donors (Lipinski definition) is 1. The largest absolute Gasteiger partial charge is 0.494 e. The highest BCUT2D eigenvalue weighted by Gasteiger charge is 2.39. The Morgan fingerprint density at radius 1 is 1.44 bits per heavy atom. The van der Waals surface area contributed by atoms with Crippen LogP contribution in [0.3, 0.4) is 0 Å². The number of anilines is 2. The first-order valence-corrected chi connectivity index (χ1v) is 6.16. The lowest BCUT2D eigenvalue weighted by molar-refractivity contribution is -0.120. The van der Waals surface area contributed by atoms with Gasteiger partial charge in [-0.3, -0.25) is 4.79 Å². The van der Waals surface area contributed by atoms with Crippen molar-refractivity contribution >= 4 is 17.3 Å². The van der Waals surface area contributed by atoms with Crippen molar-refractivity contribution in [3.05, 3.63) is 18.2 Å². The second-order valence-corrected chi connectivity index (χ2v) is 4.64. The monoisotopic (exact) mass is 247 g/mol. The highest BCUT2D eigenvalue weighted by molar-refractivity contribution is 6.07. The third-order valence-corrected chi connectivity index (χ3v) is 3.70. The number of carbonyl (C=O) groups is 1. The van der Waals surface area contributed by atoms with E-state index in [4.69, 9.17) is 4.74 Å². The molecule has 1 N–H and O–H groups in total. The molecular weight excluding hydrogens is 230 g/mol. The quantitative estimate of drug-likeness (QED) is 0.782. The molecule has 1 aromatic carbocycles. The van der Waals surface area contributed by atoms with E-state index in [2.05, 4.69) is 16.3 Å². The Bertz CT molecular complexity index is 489. The minimum Gasteiger partial charge on any atom is -0.494 e. The smallest absolute Gasteiger partial charge is 0.250 e. The van der Waals surface area contributed by atoms with E-state index < -0.39 is 0 Å². The van der Waals surface area contributed by atoms with E-state index in [1.807, 2.05) is 19.2 Å². The molecule has 0 radical (unpaired) electrons. The number of methoxy groups -OCH3 is 1. The van der Waals surface area contributed by atoms with Crippen molar-refractivity contribution in [3.63, 3.8) is 0 Å². The number of fused-ring (bicyclic) bond motifs is 3. The number of piperazine rings is 1. The number of rotatable bonds is 1. The van der Waals surface area contributed by atoms with Crippen LogP contribution >= 0.6 is 0 Å². The standard InChI is InChI=1S/C13H17N3O2/c1-15-12-9(4-3-5-11(12)18-2)16-7-6-14-8-10(16)13(15)17/h3-5,10,14H,6-8H2,1-2H3. The van der Waals surface area contributed by atoms with E-state index in [1.165, 1.54) is 0 Å². The second-order valence-electron chi connectivity index (χ2n) is 4.64. The number of amides is 1. The van der Waals surface area contributed by atoms with Gasteiger partial charge in [-0.15, -0.1) is 0 Å². The summed E-state index contributed by atoms with van der Waals surface area (Å²) in [5.41, 5.74) is 1.96. The molecule has 1 aromatic rings. The molecule has 0 saturated carbocycles. The van der Waals surface area contributed by atoms with Crippen LogP contribution in [0.2, 0.25) is 0 Å². The SMILES string of the molecule is COc1cccc2c1N(C)C(=O)C1CNCCN21. The fourth-order valence-electron chi connectivity index (χ4n) is 2.79. The van der Waals surface area contributed by atoms with Gasteiger partial charge in [0, 0.05) is 26.7 Å². The number of para-hydroxylation sites is 1. The van der Waals surface area contributed by atoms with Crippen LogP contribution in [-0.4, -0.2) is 45.7 Å². The number of nitrogens with zero attached hydrogens (tertiary/aromatic N) is 2. The second kappa shape index (κ2) is 4.17. The van der Waals surface area contributed by atoms with Crippen molar-refractivity contribution in [2.45, 2.75) is 6.04 Å². The molecule has 1 saturated heterocycles. The van der Waals surface area contributed by atoms with Gasteiger partial charge in [0.15, 0.2) is 0 Å². The van der Waals surface area contributed by atoms with E-state index in [-0.39, 0.29) is 11.9 Å². The van der Waals surface area contributed by atoms with E-state index in [0.29, 0.717) is 6.54 Å². The summed E-state index contributed by atoms with van der Waals surface area (Å²) in [6.07, 6.45) is 0. The number of hydrogen-bond acceptors (Lipinski definition) is 4. The highest BCUT2D eigenvalue weighted by atomic mass is 16.5. The fourth-order valence-corrected chi connectivity index (χ4v) is 2.79. The van der Waals surface area contributed by atoms with Gasteiger partial charge in [-0.05, 0) is 12.1 Å². The highest BCUT2D eigenvalue weighted by Crippen LogP contribution is 2.42. The van der Waals surface area contributed by atoms with E-state index >= 15 is 0 Å². The van der Waals surface area contributed by atoms with Gasteiger partial charge < -0.3 is 19.9 Å². The zero-order chi connectivity index (χ0) is 12.7. The molecule has 0 bridgehead atoms. The summed E-state index contributed by atoms with van der Waals surface area (Å²) in [7, 11) is 3.45. The van der Waals surface area contributed by atoms with Crippen LogP contribution in [0.25, 0.3) is 0 Å². The van der Waals surface area contributed by atoms with Crippen LogP contribution in [0.5, 0.6) is 5.75 Å². The van der Waals surface area contributed by atoms with E-state index in [9.17, 15) is 4.79 Å². The topological polar surface area (TPSA) is 44.8 Å². The summed E-state index contributed by atoms with van der Waals surface area (Å²) in [4.78, 5) is 16.3. The molecule has 96 valence electrons. The zero-order valence-corrected chi connectivity index (χ0v) is 10.6. The Balaban J connectivity index is 2.15.